The van der Waals surface area contributed by atoms with E-state index in [-0.39, 0.29) is 43.8 Å². The second-order valence-corrected chi connectivity index (χ2v) is 13.4. The highest BCUT2D eigenvalue weighted by Crippen LogP contribution is 2.43. The molecule has 0 aliphatic carbocycles. The highest BCUT2D eigenvalue weighted by Gasteiger charge is 2.46. The number of hydrogen-bond acceptors (Lipinski definition) is 9. The van der Waals surface area contributed by atoms with Gasteiger partial charge in [0, 0.05) is 42.5 Å². The summed E-state index contributed by atoms with van der Waals surface area (Å²) in [6.07, 6.45) is -4.59. The number of carboxylic acid groups (broad SMARTS) is 1. The van der Waals surface area contributed by atoms with Crippen molar-refractivity contribution in [3.63, 3.8) is 0 Å². The topological polar surface area (TPSA) is 148 Å². The van der Waals surface area contributed by atoms with Gasteiger partial charge in [0.25, 0.3) is 0 Å². The Balaban J connectivity index is 1.44. The number of rotatable bonds is 7. The quantitative estimate of drug-likeness (QED) is 0.338. The van der Waals surface area contributed by atoms with E-state index in [0.717, 1.165) is 6.26 Å². The van der Waals surface area contributed by atoms with Gasteiger partial charge >= 0.3 is 12.1 Å². The maximum atomic E-state index is 14.6. The number of carboxylic acids is 1. The lowest BCUT2D eigenvalue weighted by molar-refractivity contribution is -0.198. The van der Waals surface area contributed by atoms with Crippen molar-refractivity contribution in [1.82, 2.24) is 15.3 Å². The van der Waals surface area contributed by atoms with Crippen LogP contribution in [0.4, 0.5) is 24.9 Å². The molecule has 2 fully saturated rings. The molecular formula is C28H29ClF3N5O5S. The Morgan fingerprint density at radius 2 is 1.91 bits per heavy atom. The van der Waals surface area contributed by atoms with Crippen LogP contribution in [0.3, 0.4) is 0 Å². The summed E-state index contributed by atoms with van der Waals surface area (Å²) in [5, 5.41) is 12.5. The van der Waals surface area contributed by atoms with Crippen LogP contribution in [-0.2, 0) is 14.6 Å². The number of benzene rings is 2. The van der Waals surface area contributed by atoms with Gasteiger partial charge in [0.15, 0.2) is 9.84 Å². The standard InChI is InChI=1S/C28H29ClF3N5O5S/c1-43(40,41)18-4-2-3-16(11-18)20-12-17(29)5-6-19(20)24(28(30,31)32)42-23-13-22(35-26(33)36-23)37-9-7-27(8-10-37)14-21(25(38)39)34-15-27/h2-6,11-13,21,24,34H,7-10,14-15H2,1H3,(H,38,39)(H2,33,35,36). The Kier molecular flexibility index (Phi) is 8.22. The minimum atomic E-state index is -4.91. The lowest BCUT2D eigenvalue weighted by Gasteiger charge is -2.39. The number of carbonyl (C=O) groups is 1. The number of alkyl halides is 3. The summed E-state index contributed by atoms with van der Waals surface area (Å²) in [7, 11) is -3.64. The average molecular weight is 640 g/mol. The van der Waals surface area contributed by atoms with Crippen LogP contribution < -0.4 is 20.7 Å². The number of nitrogens with one attached hydrogen (secondary N) is 1. The van der Waals surface area contributed by atoms with Crippen molar-refractivity contribution in [2.75, 3.05) is 36.5 Å². The number of piperidine rings is 1. The van der Waals surface area contributed by atoms with Gasteiger partial charge in [-0.2, -0.15) is 23.1 Å². The molecule has 2 aliphatic heterocycles. The maximum Gasteiger partial charge on any atom is 0.429 e. The zero-order valence-corrected chi connectivity index (χ0v) is 24.5. The largest absolute Gasteiger partial charge is 0.480 e. The number of hydrogen-bond donors (Lipinski definition) is 3. The van der Waals surface area contributed by atoms with Crippen molar-refractivity contribution >= 4 is 39.2 Å². The number of nitrogens with two attached hydrogens (primary N) is 1. The summed E-state index contributed by atoms with van der Waals surface area (Å²) < 4.78 is 73.5. The molecular weight excluding hydrogens is 611 g/mol. The van der Waals surface area contributed by atoms with Crippen LogP contribution in [0.15, 0.2) is 53.4 Å². The number of sulfone groups is 1. The molecule has 2 unspecified atom stereocenters. The molecule has 2 atom stereocenters. The first-order valence-corrected chi connectivity index (χ1v) is 15.6. The smallest absolute Gasteiger partial charge is 0.429 e. The van der Waals surface area contributed by atoms with Crippen LogP contribution in [0.1, 0.15) is 30.9 Å². The molecule has 10 nitrogen and oxygen atoms in total. The maximum absolute atomic E-state index is 14.6. The summed E-state index contributed by atoms with van der Waals surface area (Å²) in [6, 6.07) is 10.0. The van der Waals surface area contributed by atoms with Gasteiger partial charge in [-0.05, 0) is 60.1 Å². The van der Waals surface area contributed by atoms with Crippen LogP contribution in [0.25, 0.3) is 11.1 Å². The Labute approximate surface area is 250 Å². The first kappa shape index (κ1) is 30.8. The van der Waals surface area contributed by atoms with Crippen LogP contribution in [-0.4, -0.2) is 67.6 Å². The number of anilines is 2. The van der Waals surface area contributed by atoms with Crippen molar-refractivity contribution in [3.8, 4) is 17.0 Å². The number of aliphatic carboxylic acids is 1. The van der Waals surface area contributed by atoms with E-state index in [1.165, 1.54) is 48.5 Å². The lowest BCUT2D eigenvalue weighted by Crippen LogP contribution is -2.41. The number of nitrogens with zero attached hydrogens (tertiary/aromatic N) is 3. The Morgan fingerprint density at radius 1 is 1.19 bits per heavy atom. The van der Waals surface area contributed by atoms with E-state index in [1.54, 1.807) is 0 Å². The first-order valence-electron chi connectivity index (χ1n) is 13.3. The molecule has 0 amide bonds. The zero-order chi connectivity index (χ0) is 31.2. The number of aromatic nitrogens is 2. The van der Waals surface area contributed by atoms with E-state index in [2.05, 4.69) is 15.3 Å². The van der Waals surface area contributed by atoms with E-state index in [9.17, 15) is 31.5 Å². The normalized spacial score (nSPS) is 19.4. The zero-order valence-electron chi connectivity index (χ0n) is 22.9. The molecule has 5 rings (SSSR count). The van der Waals surface area contributed by atoms with E-state index >= 15 is 0 Å². The van der Waals surface area contributed by atoms with Gasteiger partial charge in [-0.25, -0.2) is 8.42 Å². The Morgan fingerprint density at radius 3 is 2.53 bits per heavy atom. The third-order valence-electron chi connectivity index (χ3n) is 7.92. The minimum absolute atomic E-state index is 0.0359. The van der Waals surface area contributed by atoms with Crippen molar-refractivity contribution in [1.29, 1.82) is 0 Å². The molecule has 0 radical (unpaired) electrons. The van der Waals surface area contributed by atoms with Gasteiger partial charge in [0.2, 0.25) is 17.9 Å². The summed E-state index contributed by atoms with van der Waals surface area (Å²) in [5.74, 6) is -1.28. The minimum Gasteiger partial charge on any atom is -0.480 e. The van der Waals surface area contributed by atoms with E-state index in [1.807, 2.05) is 4.90 Å². The van der Waals surface area contributed by atoms with Crippen LogP contribution in [0, 0.1) is 5.41 Å². The fraction of sp³-hybridized carbons (Fsp3) is 0.393. The van der Waals surface area contributed by atoms with Crippen molar-refractivity contribution in [2.45, 2.75) is 42.5 Å². The molecule has 2 saturated heterocycles. The molecule has 0 saturated carbocycles. The Bertz CT molecular complexity index is 1650. The van der Waals surface area contributed by atoms with Crippen LogP contribution in [0.2, 0.25) is 5.02 Å². The number of halogens is 4. The fourth-order valence-electron chi connectivity index (χ4n) is 5.66. The van der Waals surface area contributed by atoms with Crippen LogP contribution in [0.5, 0.6) is 5.88 Å². The van der Waals surface area contributed by atoms with Crippen molar-refractivity contribution < 1.29 is 36.2 Å². The van der Waals surface area contributed by atoms with Crippen molar-refractivity contribution in [3.05, 3.63) is 59.1 Å². The Hall–Kier alpha value is -3.62. The summed E-state index contributed by atoms with van der Waals surface area (Å²) in [5.41, 5.74) is 5.65. The SMILES string of the molecule is CS(=O)(=O)c1cccc(-c2cc(Cl)ccc2C(Oc2cc(N3CCC4(CC3)CNC(C(=O)O)C4)nc(N)n2)C(F)(F)F)c1. The molecule has 3 heterocycles. The molecule has 2 aliphatic rings. The second-order valence-electron chi connectivity index (χ2n) is 11.0. The first-order chi connectivity index (χ1) is 20.1. The van der Waals surface area contributed by atoms with Gasteiger partial charge in [-0.15, -0.1) is 0 Å². The highest BCUT2D eigenvalue weighted by molar-refractivity contribution is 7.90. The number of nitrogen functional groups attached to an aromatic ring is 1. The van der Waals surface area contributed by atoms with Gasteiger partial charge in [-0.1, -0.05) is 29.8 Å². The molecule has 2 aromatic carbocycles. The third kappa shape index (κ3) is 6.81. The summed E-state index contributed by atoms with van der Waals surface area (Å²) in [6.45, 7) is 1.55. The van der Waals surface area contributed by atoms with Crippen LogP contribution >= 0.6 is 11.6 Å². The molecule has 4 N–H and O–H groups in total. The van der Waals surface area contributed by atoms with Gasteiger partial charge in [-0.3, -0.25) is 4.79 Å². The van der Waals surface area contributed by atoms with Gasteiger partial charge < -0.3 is 25.8 Å². The molecule has 3 aromatic rings. The monoisotopic (exact) mass is 639 g/mol. The number of ether oxygens (including phenoxy) is 1. The molecule has 1 spiro atoms. The van der Waals surface area contributed by atoms with Gasteiger partial charge in [0.05, 0.1) is 4.90 Å². The van der Waals surface area contributed by atoms with Crippen molar-refractivity contribution in [2.24, 2.45) is 5.41 Å². The summed E-state index contributed by atoms with van der Waals surface area (Å²) in [4.78, 5) is 21.3. The average Bonchev–Trinajstić information content (AvgIpc) is 3.35. The van der Waals surface area contributed by atoms with E-state index < -0.39 is 40.0 Å². The van der Waals surface area contributed by atoms with E-state index in [4.69, 9.17) is 22.1 Å². The molecule has 43 heavy (non-hydrogen) atoms. The molecule has 230 valence electrons. The highest BCUT2D eigenvalue weighted by atomic mass is 35.5. The summed E-state index contributed by atoms with van der Waals surface area (Å²) >= 11 is 6.16. The molecule has 15 heteroatoms. The van der Waals surface area contributed by atoms with E-state index in [0.29, 0.717) is 38.9 Å². The second kappa shape index (κ2) is 11.5. The molecule has 0 bridgehead atoms. The predicted octanol–water partition coefficient (Wildman–Crippen LogP) is 4.50. The molecule has 1 aromatic heterocycles. The van der Waals surface area contributed by atoms with Gasteiger partial charge in [0.1, 0.15) is 11.9 Å². The lowest BCUT2D eigenvalue weighted by atomic mass is 9.76. The fourth-order valence-corrected chi connectivity index (χ4v) is 6.50. The third-order valence-corrected chi connectivity index (χ3v) is 9.27. The predicted molar refractivity (Wildman–Crippen MR) is 154 cm³/mol.